The number of carbonyl (C=O) groups excluding carboxylic acids is 1. The van der Waals surface area contributed by atoms with Crippen LogP contribution in [-0.2, 0) is 27.7 Å². The molecule has 154 valence electrons. The minimum atomic E-state index is -3.70. The fourth-order valence-corrected chi connectivity index (χ4v) is 7.83. The number of thiophene rings is 1. The van der Waals surface area contributed by atoms with Crippen LogP contribution in [0.15, 0.2) is 15.9 Å². The number of methoxy groups -OCH3 is 1. The highest BCUT2D eigenvalue weighted by atomic mass is 32.2. The van der Waals surface area contributed by atoms with Gasteiger partial charge in [0.2, 0.25) is 0 Å². The lowest BCUT2D eigenvalue weighted by Crippen LogP contribution is -2.50. The SMILES string of the molecule is CNS(=O)(=O)c1sc2c(c1C(=O)OC)CCN(CC1=CC[C@H]3C[C@@H]1C3(C)C)C2. The summed E-state index contributed by atoms with van der Waals surface area (Å²) < 4.78 is 32.2. The molecule has 3 aliphatic carbocycles. The first-order valence-corrected chi connectivity index (χ1v) is 12.1. The van der Waals surface area contributed by atoms with Gasteiger partial charge in [0.05, 0.1) is 12.7 Å². The number of sulfonamides is 1. The van der Waals surface area contributed by atoms with Crippen LogP contribution in [0, 0.1) is 17.3 Å². The highest BCUT2D eigenvalue weighted by Crippen LogP contribution is 2.59. The third kappa shape index (κ3) is 3.05. The van der Waals surface area contributed by atoms with Crippen molar-refractivity contribution in [3.05, 3.63) is 27.7 Å². The predicted octanol–water partition coefficient (Wildman–Crippen LogP) is 2.79. The van der Waals surface area contributed by atoms with Crippen molar-refractivity contribution < 1.29 is 17.9 Å². The van der Waals surface area contributed by atoms with E-state index < -0.39 is 16.0 Å². The van der Waals surface area contributed by atoms with E-state index >= 15 is 0 Å². The van der Waals surface area contributed by atoms with Gasteiger partial charge in [-0.2, -0.15) is 0 Å². The van der Waals surface area contributed by atoms with E-state index in [4.69, 9.17) is 4.74 Å². The number of hydrogen-bond donors (Lipinski definition) is 1. The van der Waals surface area contributed by atoms with Crippen molar-refractivity contribution in [2.45, 2.75) is 43.9 Å². The Morgan fingerprint density at radius 1 is 1.43 bits per heavy atom. The van der Waals surface area contributed by atoms with Crippen molar-refractivity contribution in [2.75, 3.05) is 27.2 Å². The Hall–Kier alpha value is -1.22. The zero-order valence-corrected chi connectivity index (χ0v) is 18.5. The van der Waals surface area contributed by atoms with Gasteiger partial charge in [-0.3, -0.25) is 4.90 Å². The fraction of sp³-hybridized carbons (Fsp3) is 0.650. The molecule has 4 aliphatic rings. The van der Waals surface area contributed by atoms with Crippen LogP contribution < -0.4 is 4.72 Å². The summed E-state index contributed by atoms with van der Waals surface area (Å²) in [4.78, 5) is 15.7. The summed E-state index contributed by atoms with van der Waals surface area (Å²) >= 11 is 1.20. The van der Waals surface area contributed by atoms with Crippen molar-refractivity contribution in [2.24, 2.45) is 17.3 Å². The first-order valence-electron chi connectivity index (χ1n) is 9.76. The number of carbonyl (C=O) groups is 1. The second-order valence-electron chi connectivity index (χ2n) is 8.65. The monoisotopic (exact) mass is 424 g/mol. The van der Waals surface area contributed by atoms with E-state index in [1.807, 2.05) is 0 Å². The van der Waals surface area contributed by atoms with E-state index in [0.717, 1.165) is 29.4 Å². The Morgan fingerprint density at radius 2 is 2.18 bits per heavy atom. The van der Waals surface area contributed by atoms with Gasteiger partial charge in [-0.05, 0) is 49.1 Å². The molecule has 0 radical (unpaired) electrons. The first-order chi connectivity index (χ1) is 13.2. The molecular formula is C20H28N2O4S2. The lowest BCUT2D eigenvalue weighted by Gasteiger charge is -2.57. The van der Waals surface area contributed by atoms with Crippen molar-refractivity contribution in [1.29, 1.82) is 0 Å². The van der Waals surface area contributed by atoms with E-state index in [-0.39, 0.29) is 9.77 Å². The maximum atomic E-state index is 12.4. The molecule has 1 fully saturated rings. The molecule has 1 aliphatic heterocycles. The van der Waals surface area contributed by atoms with Gasteiger partial charge in [0.1, 0.15) is 4.21 Å². The average Bonchev–Trinajstić information content (AvgIpc) is 3.07. The lowest BCUT2D eigenvalue weighted by molar-refractivity contribution is -0.0110. The van der Waals surface area contributed by atoms with Crippen molar-refractivity contribution in [1.82, 2.24) is 9.62 Å². The molecule has 1 N–H and O–H groups in total. The molecule has 28 heavy (non-hydrogen) atoms. The lowest BCUT2D eigenvalue weighted by atomic mass is 9.49. The third-order valence-electron chi connectivity index (χ3n) is 6.99. The Bertz CT molecular complexity index is 946. The summed E-state index contributed by atoms with van der Waals surface area (Å²) in [6, 6.07) is 0. The normalized spacial score (nSPS) is 26.2. The molecule has 2 atom stereocenters. The number of esters is 1. The Kier molecular flexibility index (Phi) is 4.97. The van der Waals surface area contributed by atoms with Crippen LogP contribution in [0.2, 0.25) is 0 Å². The predicted molar refractivity (Wildman–Crippen MR) is 109 cm³/mol. The smallest absolute Gasteiger partial charge is 0.340 e. The van der Waals surface area contributed by atoms with Gasteiger partial charge < -0.3 is 4.74 Å². The second-order valence-corrected chi connectivity index (χ2v) is 11.8. The van der Waals surface area contributed by atoms with E-state index in [0.29, 0.717) is 24.3 Å². The number of hydrogen-bond acceptors (Lipinski definition) is 6. The Labute approximate surface area is 171 Å². The average molecular weight is 425 g/mol. The fourth-order valence-electron chi connectivity index (χ4n) is 5.07. The summed E-state index contributed by atoms with van der Waals surface area (Å²) in [6.45, 7) is 7.19. The quantitative estimate of drug-likeness (QED) is 0.581. The molecule has 6 nitrogen and oxygen atoms in total. The van der Waals surface area contributed by atoms with Crippen molar-refractivity contribution in [3.63, 3.8) is 0 Å². The molecule has 1 aromatic rings. The number of allylic oxidation sites excluding steroid dienone is 1. The molecule has 2 heterocycles. The molecule has 0 unspecified atom stereocenters. The van der Waals surface area contributed by atoms with Crippen LogP contribution in [0.4, 0.5) is 0 Å². The van der Waals surface area contributed by atoms with Gasteiger partial charge in [0.15, 0.2) is 0 Å². The molecule has 8 heteroatoms. The maximum absolute atomic E-state index is 12.4. The third-order valence-corrected chi connectivity index (χ3v) is 10.1. The van der Waals surface area contributed by atoms with Gasteiger partial charge in [-0.15, -0.1) is 11.3 Å². The van der Waals surface area contributed by atoms with Gasteiger partial charge in [0, 0.05) is 24.5 Å². The van der Waals surface area contributed by atoms with Crippen molar-refractivity contribution in [3.8, 4) is 0 Å². The molecule has 5 rings (SSSR count). The molecule has 0 amide bonds. The zero-order chi connectivity index (χ0) is 20.3. The molecule has 2 bridgehead atoms. The Balaban J connectivity index is 1.59. The summed E-state index contributed by atoms with van der Waals surface area (Å²) in [6.07, 6.45) is 5.56. The van der Waals surface area contributed by atoms with Gasteiger partial charge >= 0.3 is 5.97 Å². The van der Waals surface area contributed by atoms with E-state index in [1.54, 1.807) is 0 Å². The van der Waals surface area contributed by atoms with Crippen LogP contribution in [-0.4, -0.2) is 46.5 Å². The number of nitrogens with one attached hydrogen (secondary N) is 1. The minimum Gasteiger partial charge on any atom is -0.465 e. The molecule has 0 spiro atoms. The van der Waals surface area contributed by atoms with Crippen LogP contribution in [0.25, 0.3) is 0 Å². The minimum absolute atomic E-state index is 0.0774. The van der Waals surface area contributed by atoms with Crippen LogP contribution >= 0.6 is 11.3 Å². The summed E-state index contributed by atoms with van der Waals surface area (Å²) in [7, 11) is -1.04. The van der Waals surface area contributed by atoms with E-state index in [2.05, 4.69) is 29.5 Å². The number of nitrogens with zero attached hydrogens (tertiary/aromatic N) is 1. The highest BCUT2D eigenvalue weighted by Gasteiger charge is 2.51. The summed E-state index contributed by atoms with van der Waals surface area (Å²) in [5.41, 5.74) is 2.99. The zero-order valence-electron chi connectivity index (χ0n) is 16.9. The standard InChI is InChI=1S/C20H28N2O4S2/c1-20(2)13-6-5-12(15(20)9-13)10-22-8-7-14-16(11-22)27-19(28(24,25)21-3)17(14)18(23)26-4/h5,13,15,21H,6-11H2,1-4H3/t13-,15-/m0/s1. The number of ether oxygens (including phenoxy) is 1. The van der Waals surface area contributed by atoms with Crippen LogP contribution in [0.1, 0.15) is 47.5 Å². The first kappa shape index (κ1) is 20.1. The number of fused-ring (bicyclic) bond motifs is 2. The summed E-state index contributed by atoms with van der Waals surface area (Å²) in [5, 5.41) is 0. The van der Waals surface area contributed by atoms with Crippen molar-refractivity contribution >= 4 is 27.3 Å². The summed E-state index contributed by atoms with van der Waals surface area (Å²) in [5.74, 6) is 0.919. The van der Waals surface area contributed by atoms with Gasteiger partial charge in [-0.1, -0.05) is 25.5 Å². The highest BCUT2D eigenvalue weighted by molar-refractivity contribution is 7.91. The van der Waals surface area contributed by atoms with Crippen LogP contribution in [0.3, 0.4) is 0 Å². The van der Waals surface area contributed by atoms with E-state index in [1.165, 1.54) is 43.9 Å². The van der Waals surface area contributed by atoms with Gasteiger partial charge in [-0.25, -0.2) is 17.9 Å². The van der Waals surface area contributed by atoms with Crippen LogP contribution in [0.5, 0.6) is 0 Å². The molecular weight excluding hydrogens is 396 g/mol. The second kappa shape index (κ2) is 6.93. The molecule has 1 aromatic heterocycles. The van der Waals surface area contributed by atoms with E-state index in [9.17, 15) is 13.2 Å². The molecule has 0 aromatic carbocycles. The topological polar surface area (TPSA) is 75.7 Å². The number of rotatable bonds is 5. The maximum Gasteiger partial charge on any atom is 0.340 e. The molecule has 1 saturated carbocycles. The Morgan fingerprint density at radius 3 is 2.79 bits per heavy atom. The molecule has 0 saturated heterocycles. The largest absolute Gasteiger partial charge is 0.465 e. The van der Waals surface area contributed by atoms with Gasteiger partial charge in [0.25, 0.3) is 10.0 Å².